The zero-order valence-electron chi connectivity index (χ0n) is 20.6. The van der Waals surface area contributed by atoms with Crippen LogP contribution in [0, 0.1) is 13.8 Å². The van der Waals surface area contributed by atoms with Crippen LogP contribution < -0.4 is 10.1 Å². The molecule has 1 fully saturated rings. The monoisotopic (exact) mass is 477 g/mol. The Morgan fingerprint density at radius 1 is 1.03 bits per heavy atom. The molecule has 0 radical (unpaired) electrons. The molecule has 1 saturated heterocycles. The van der Waals surface area contributed by atoms with Crippen molar-refractivity contribution in [3.05, 3.63) is 58.9 Å². The summed E-state index contributed by atoms with van der Waals surface area (Å²) in [4.78, 5) is 29.8. The van der Waals surface area contributed by atoms with Crippen LogP contribution in [0.1, 0.15) is 34.1 Å². The van der Waals surface area contributed by atoms with Gasteiger partial charge < -0.3 is 15.0 Å². The molecule has 1 aromatic carbocycles. The lowest BCUT2D eigenvalue weighted by Gasteiger charge is -2.34. The number of hydrogen-bond donors (Lipinski definition) is 1. The maximum absolute atomic E-state index is 13.3. The normalized spacial score (nSPS) is 14.1. The number of methoxy groups -OCH3 is 1. The third-order valence-corrected chi connectivity index (χ3v) is 6.26. The van der Waals surface area contributed by atoms with Gasteiger partial charge in [0.25, 0.3) is 5.91 Å². The van der Waals surface area contributed by atoms with E-state index in [0.29, 0.717) is 56.4 Å². The molecule has 0 aliphatic carbocycles. The van der Waals surface area contributed by atoms with Crippen LogP contribution in [-0.4, -0.2) is 81.4 Å². The van der Waals surface area contributed by atoms with Crippen molar-refractivity contribution in [3.63, 3.8) is 0 Å². The first-order valence-corrected chi connectivity index (χ1v) is 11.7. The van der Waals surface area contributed by atoms with Crippen molar-refractivity contribution in [3.8, 4) is 11.7 Å². The molecular weight excluding hydrogens is 446 g/mol. The van der Waals surface area contributed by atoms with Crippen LogP contribution in [0.5, 0.6) is 5.88 Å². The first-order chi connectivity index (χ1) is 16.9. The van der Waals surface area contributed by atoms with Gasteiger partial charge in [-0.1, -0.05) is 25.1 Å². The number of carbonyl (C=O) groups excluding carboxylic acids is 2. The number of carbonyl (C=O) groups is 2. The van der Waals surface area contributed by atoms with Gasteiger partial charge in [0.2, 0.25) is 11.8 Å². The molecular formula is C25H31N7O3. The van der Waals surface area contributed by atoms with E-state index in [1.165, 1.54) is 7.11 Å². The minimum Gasteiger partial charge on any atom is -0.480 e. The molecule has 4 rings (SSSR count). The molecule has 3 heterocycles. The zero-order valence-corrected chi connectivity index (χ0v) is 20.6. The highest BCUT2D eigenvalue weighted by Gasteiger charge is 2.27. The van der Waals surface area contributed by atoms with Crippen molar-refractivity contribution < 1.29 is 14.3 Å². The standard InChI is InChI=1S/C25H31N7O3/c1-5-20-19(15-26-32(20)21-9-10-23(35-4)29-28-21)25(34)31-13-11-30(12-14-31)16-22(33)27-24-17(2)7-6-8-18(24)3/h6-10,15H,5,11-14,16H2,1-4H3,(H,27,33). The van der Waals surface area contributed by atoms with Crippen LogP contribution >= 0.6 is 0 Å². The Morgan fingerprint density at radius 2 is 1.74 bits per heavy atom. The van der Waals surface area contributed by atoms with Crippen LogP contribution in [0.4, 0.5) is 5.69 Å². The Labute approximate surface area is 204 Å². The van der Waals surface area contributed by atoms with Crippen LogP contribution in [0.15, 0.2) is 36.5 Å². The third kappa shape index (κ3) is 5.32. The molecule has 184 valence electrons. The van der Waals surface area contributed by atoms with Gasteiger partial charge in [-0.2, -0.15) is 5.10 Å². The molecule has 0 atom stereocenters. The molecule has 0 spiro atoms. The van der Waals surface area contributed by atoms with E-state index < -0.39 is 0 Å². The summed E-state index contributed by atoms with van der Waals surface area (Å²) in [6.07, 6.45) is 2.21. The summed E-state index contributed by atoms with van der Waals surface area (Å²) in [7, 11) is 1.53. The van der Waals surface area contributed by atoms with Crippen molar-refractivity contribution >= 4 is 17.5 Å². The Bertz CT molecular complexity index is 1180. The topological polar surface area (TPSA) is 105 Å². The highest BCUT2D eigenvalue weighted by atomic mass is 16.5. The maximum Gasteiger partial charge on any atom is 0.257 e. The Balaban J connectivity index is 1.37. The second-order valence-corrected chi connectivity index (χ2v) is 8.59. The van der Waals surface area contributed by atoms with Gasteiger partial charge in [0.15, 0.2) is 5.82 Å². The summed E-state index contributed by atoms with van der Waals surface area (Å²) in [6, 6.07) is 9.42. The van der Waals surface area contributed by atoms with Gasteiger partial charge in [0.05, 0.1) is 31.1 Å². The van der Waals surface area contributed by atoms with Gasteiger partial charge in [-0.25, -0.2) is 4.68 Å². The molecule has 1 N–H and O–H groups in total. The first kappa shape index (κ1) is 24.3. The molecule has 2 aromatic heterocycles. The fourth-order valence-corrected chi connectivity index (χ4v) is 4.30. The fraction of sp³-hybridized carbons (Fsp3) is 0.400. The van der Waals surface area contributed by atoms with Gasteiger partial charge in [-0.15, -0.1) is 10.2 Å². The molecule has 10 heteroatoms. The minimum atomic E-state index is -0.0609. The number of nitrogens with zero attached hydrogens (tertiary/aromatic N) is 6. The molecule has 0 saturated carbocycles. The summed E-state index contributed by atoms with van der Waals surface area (Å²) in [5, 5.41) is 15.6. The number of aromatic nitrogens is 4. The summed E-state index contributed by atoms with van der Waals surface area (Å²) in [6.45, 7) is 8.61. The molecule has 10 nitrogen and oxygen atoms in total. The average molecular weight is 478 g/mol. The lowest BCUT2D eigenvalue weighted by molar-refractivity contribution is -0.117. The van der Waals surface area contributed by atoms with E-state index in [1.54, 1.807) is 23.0 Å². The number of nitrogens with one attached hydrogen (secondary N) is 1. The summed E-state index contributed by atoms with van der Waals surface area (Å²) < 4.78 is 6.71. The zero-order chi connectivity index (χ0) is 24.9. The van der Waals surface area contributed by atoms with Crippen molar-refractivity contribution in [1.82, 2.24) is 29.8 Å². The van der Waals surface area contributed by atoms with E-state index in [2.05, 4.69) is 25.5 Å². The summed E-state index contributed by atoms with van der Waals surface area (Å²) in [5.41, 5.74) is 4.30. The van der Waals surface area contributed by atoms with Gasteiger partial charge in [0.1, 0.15) is 0 Å². The van der Waals surface area contributed by atoms with Crippen molar-refractivity contribution in [1.29, 1.82) is 0 Å². The van der Waals surface area contributed by atoms with Gasteiger partial charge in [-0.05, 0) is 37.5 Å². The number of amides is 2. The lowest BCUT2D eigenvalue weighted by atomic mass is 10.1. The van der Waals surface area contributed by atoms with Gasteiger partial charge >= 0.3 is 0 Å². The van der Waals surface area contributed by atoms with Crippen molar-refractivity contribution in [2.75, 3.05) is 45.2 Å². The van der Waals surface area contributed by atoms with E-state index >= 15 is 0 Å². The number of piperazine rings is 1. The van der Waals surface area contributed by atoms with Gasteiger partial charge in [0, 0.05) is 37.9 Å². The molecule has 0 bridgehead atoms. The third-order valence-electron chi connectivity index (χ3n) is 6.26. The molecule has 1 aliphatic rings. The SMILES string of the molecule is CCc1c(C(=O)N2CCN(CC(=O)Nc3c(C)cccc3C)CC2)cnn1-c1ccc(OC)nn1. The van der Waals surface area contributed by atoms with E-state index in [9.17, 15) is 9.59 Å². The second kappa shape index (κ2) is 10.6. The number of hydrogen-bond acceptors (Lipinski definition) is 7. The smallest absolute Gasteiger partial charge is 0.257 e. The molecule has 0 unspecified atom stereocenters. The molecule has 2 amide bonds. The van der Waals surface area contributed by atoms with Crippen molar-refractivity contribution in [2.45, 2.75) is 27.2 Å². The van der Waals surface area contributed by atoms with Gasteiger partial charge in [-0.3, -0.25) is 14.5 Å². The number of ether oxygens (including phenoxy) is 1. The molecule has 35 heavy (non-hydrogen) atoms. The largest absolute Gasteiger partial charge is 0.480 e. The fourth-order valence-electron chi connectivity index (χ4n) is 4.30. The van der Waals surface area contributed by atoms with E-state index in [-0.39, 0.29) is 11.8 Å². The van der Waals surface area contributed by atoms with Crippen LogP contribution in [0.3, 0.4) is 0 Å². The highest BCUT2D eigenvalue weighted by Crippen LogP contribution is 2.20. The first-order valence-electron chi connectivity index (χ1n) is 11.7. The predicted octanol–water partition coefficient (Wildman–Crippen LogP) is 2.25. The van der Waals surface area contributed by atoms with Crippen LogP contribution in [0.25, 0.3) is 5.82 Å². The summed E-state index contributed by atoms with van der Waals surface area (Å²) >= 11 is 0. The maximum atomic E-state index is 13.3. The second-order valence-electron chi connectivity index (χ2n) is 8.59. The van der Waals surface area contributed by atoms with Crippen LogP contribution in [-0.2, 0) is 11.2 Å². The minimum absolute atomic E-state index is 0.0441. The molecule has 3 aromatic rings. The van der Waals surface area contributed by atoms with Crippen molar-refractivity contribution in [2.24, 2.45) is 0 Å². The predicted molar refractivity (Wildman–Crippen MR) is 132 cm³/mol. The summed E-state index contributed by atoms with van der Waals surface area (Å²) in [5.74, 6) is 0.837. The van der Waals surface area contributed by atoms with Crippen LogP contribution in [0.2, 0.25) is 0 Å². The lowest BCUT2D eigenvalue weighted by Crippen LogP contribution is -2.50. The van der Waals surface area contributed by atoms with E-state index in [0.717, 1.165) is 22.5 Å². The number of anilines is 1. The number of aryl methyl sites for hydroxylation is 2. The average Bonchev–Trinajstić information content (AvgIpc) is 3.30. The van der Waals surface area contributed by atoms with E-state index in [4.69, 9.17) is 4.74 Å². The quantitative estimate of drug-likeness (QED) is 0.556. The number of benzene rings is 1. The Hall–Kier alpha value is -3.79. The number of para-hydroxylation sites is 1. The Kier molecular flexibility index (Phi) is 7.40. The van der Waals surface area contributed by atoms with E-state index in [1.807, 2.05) is 43.9 Å². The Morgan fingerprint density at radius 3 is 2.34 bits per heavy atom. The molecule has 1 aliphatic heterocycles. The highest BCUT2D eigenvalue weighted by molar-refractivity contribution is 5.95. The number of rotatable bonds is 7.